The van der Waals surface area contributed by atoms with Gasteiger partial charge < -0.3 is 11.5 Å². The van der Waals surface area contributed by atoms with Crippen molar-refractivity contribution in [2.75, 3.05) is 10.6 Å². The number of nitrogens with zero attached hydrogens (tertiary/aromatic N) is 1. The molecular weight excluding hydrogens is 340 g/mol. The molecule has 2 amide bonds. The van der Waals surface area contributed by atoms with Gasteiger partial charge in [-0.3, -0.25) is 14.5 Å². The van der Waals surface area contributed by atoms with Crippen LogP contribution in [0.4, 0.5) is 25.8 Å². The van der Waals surface area contributed by atoms with Crippen molar-refractivity contribution in [3.8, 4) is 0 Å². The van der Waals surface area contributed by atoms with E-state index in [-0.39, 0.29) is 30.3 Å². The maximum atomic E-state index is 13.3. The first-order valence-corrected chi connectivity index (χ1v) is 8.30. The molecule has 138 valence electrons. The summed E-state index contributed by atoms with van der Waals surface area (Å²) in [5.74, 6) is -1.57. The molecule has 0 bridgehead atoms. The Labute approximate surface area is 150 Å². The Bertz CT molecular complexity index is 779. The maximum Gasteiger partial charge on any atom is 0.231 e. The molecule has 0 unspecified atom stereocenters. The summed E-state index contributed by atoms with van der Waals surface area (Å²) >= 11 is 0. The predicted octanol–water partition coefficient (Wildman–Crippen LogP) is 3.65. The van der Waals surface area contributed by atoms with Crippen LogP contribution in [0.2, 0.25) is 0 Å². The largest absolute Gasteiger partial charge is 0.397 e. The molecule has 0 heterocycles. The van der Waals surface area contributed by atoms with Crippen LogP contribution in [0.5, 0.6) is 0 Å². The van der Waals surface area contributed by atoms with Crippen molar-refractivity contribution >= 4 is 28.9 Å². The summed E-state index contributed by atoms with van der Waals surface area (Å²) in [6.07, 6.45) is 2.32. The molecule has 26 heavy (non-hydrogen) atoms. The Morgan fingerprint density at radius 1 is 0.885 bits per heavy atom. The van der Waals surface area contributed by atoms with Gasteiger partial charge in [0.05, 0.1) is 11.4 Å². The smallest absolute Gasteiger partial charge is 0.231 e. The standard InChI is InChI=1S/C19H21F2N3O2/c20-13-6-9-15(10-7-13)24(17-11-8-14(21)12-16(17)22)19(26)5-3-1-2-4-18(23)25/h6-12H,1-5,22H2,(H2,23,25). The Hall–Kier alpha value is -2.96. The van der Waals surface area contributed by atoms with Crippen LogP contribution in [-0.4, -0.2) is 11.8 Å². The predicted molar refractivity (Wildman–Crippen MR) is 96.6 cm³/mol. The summed E-state index contributed by atoms with van der Waals surface area (Å²) in [5.41, 5.74) is 11.8. The van der Waals surface area contributed by atoms with E-state index in [0.717, 1.165) is 6.07 Å². The number of amides is 2. The van der Waals surface area contributed by atoms with Gasteiger partial charge in [0.25, 0.3) is 0 Å². The molecule has 0 aliphatic carbocycles. The molecule has 2 rings (SSSR count). The number of nitrogens with two attached hydrogens (primary N) is 2. The number of rotatable bonds is 8. The molecule has 2 aromatic carbocycles. The lowest BCUT2D eigenvalue weighted by molar-refractivity contribution is -0.118. The highest BCUT2D eigenvalue weighted by Gasteiger charge is 2.20. The van der Waals surface area contributed by atoms with E-state index in [9.17, 15) is 18.4 Å². The molecular formula is C19H21F2N3O2. The van der Waals surface area contributed by atoms with Gasteiger partial charge >= 0.3 is 0 Å². The van der Waals surface area contributed by atoms with Crippen LogP contribution in [-0.2, 0) is 9.59 Å². The fourth-order valence-corrected chi connectivity index (χ4v) is 2.60. The highest BCUT2D eigenvalue weighted by molar-refractivity contribution is 6.02. The highest BCUT2D eigenvalue weighted by Crippen LogP contribution is 2.32. The summed E-state index contributed by atoms with van der Waals surface area (Å²) in [4.78, 5) is 24.8. The fraction of sp³-hybridized carbons (Fsp3) is 0.263. The van der Waals surface area contributed by atoms with E-state index in [0.29, 0.717) is 30.6 Å². The normalized spacial score (nSPS) is 10.5. The molecule has 0 aliphatic rings. The molecule has 0 saturated heterocycles. The quantitative estimate of drug-likeness (QED) is 0.555. The van der Waals surface area contributed by atoms with Crippen LogP contribution in [0.25, 0.3) is 0 Å². The first kappa shape index (κ1) is 19.4. The molecule has 0 radical (unpaired) electrons. The first-order valence-electron chi connectivity index (χ1n) is 8.30. The van der Waals surface area contributed by atoms with E-state index < -0.39 is 11.6 Å². The Morgan fingerprint density at radius 3 is 2.12 bits per heavy atom. The van der Waals surface area contributed by atoms with E-state index in [2.05, 4.69) is 0 Å². The Kier molecular flexibility index (Phi) is 6.66. The zero-order valence-electron chi connectivity index (χ0n) is 14.3. The van der Waals surface area contributed by atoms with Gasteiger partial charge in [0.1, 0.15) is 11.6 Å². The lowest BCUT2D eigenvalue weighted by Gasteiger charge is -2.24. The van der Waals surface area contributed by atoms with Gasteiger partial charge in [0.2, 0.25) is 11.8 Å². The van der Waals surface area contributed by atoms with Gasteiger partial charge in [-0.1, -0.05) is 6.42 Å². The van der Waals surface area contributed by atoms with Crippen molar-refractivity contribution in [1.82, 2.24) is 0 Å². The summed E-state index contributed by atoms with van der Waals surface area (Å²) in [6, 6.07) is 9.16. The van der Waals surface area contributed by atoms with Gasteiger partial charge in [0.15, 0.2) is 0 Å². The van der Waals surface area contributed by atoms with Gasteiger partial charge in [0, 0.05) is 18.5 Å². The number of carbonyl (C=O) groups is 2. The number of carbonyl (C=O) groups excluding carboxylic acids is 2. The lowest BCUT2D eigenvalue weighted by atomic mass is 10.1. The number of benzene rings is 2. The third kappa shape index (κ3) is 5.27. The molecule has 0 fully saturated rings. The van der Waals surface area contributed by atoms with E-state index in [1.807, 2.05) is 0 Å². The van der Waals surface area contributed by atoms with Crippen molar-refractivity contribution in [3.63, 3.8) is 0 Å². The second-order valence-corrected chi connectivity index (χ2v) is 5.94. The molecule has 0 saturated carbocycles. The third-order valence-electron chi connectivity index (χ3n) is 3.88. The topological polar surface area (TPSA) is 89.4 Å². The summed E-state index contributed by atoms with van der Waals surface area (Å²) < 4.78 is 26.6. The molecule has 7 heteroatoms. The Morgan fingerprint density at radius 2 is 1.50 bits per heavy atom. The molecule has 2 aromatic rings. The number of hydrogen-bond acceptors (Lipinski definition) is 3. The van der Waals surface area contributed by atoms with Crippen LogP contribution in [0, 0.1) is 11.6 Å². The minimum absolute atomic E-state index is 0.108. The Balaban J connectivity index is 2.19. The van der Waals surface area contributed by atoms with Crippen molar-refractivity contribution < 1.29 is 18.4 Å². The molecule has 5 nitrogen and oxygen atoms in total. The number of halogens is 2. The van der Waals surface area contributed by atoms with Gasteiger partial charge in [-0.25, -0.2) is 8.78 Å². The van der Waals surface area contributed by atoms with E-state index >= 15 is 0 Å². The number of hydrogen-bond donors (Lipinski definition) is 2. The second-order valence-electron chi connectivity index (χ2n) is 5.94. The van der Waals surface area contributed by atoms with Gasteiger partial charge in [-0.05, 0) is 55.3 Å². The van der Waals surface area contributed by atoms with Crippen molar-refractivity contribution in [2.24, 2.45) is 5.73 Å². The zero-order chi connectivity index (χ0) is 19.1. The molecule has 0 aliphatic heterocycles. The summed E-state index contributed by atoms with van der Waals surface area (Å²) in [7, 11) is 0. The fourth-order valence-electron chi connectivity index (χ4n) is 2.60. The minimum atomic E-state index is -0.510. The number of nitrogen functional groups attached to an aromatic ring is 1. The van der Waals surface area contributed by atoms with Gasteiger partial charge in [-0.15, -0.1) is 0 Å². The first-order chi connectivity index (χ1) is 12.4. The van der Waals surface area contributed by atoms with Crippen molar-refractivity contribution in [1.29, 1.82) is 0 Å². The summed E-state index contributed by atoms with van der Waals surface area (Å²) in [6.45, 7) is 0. The number of anilines is 3. The van der Waals surface area contributed by atoms with Crippen LogP contribution in [0.1, 0.15) is 32.1 Å². The minimum Gasteiger partial charge on any atom is -0.397 e. The average Bonchev–Trinajstić information content (AvgIpc) is 2.58. The number of unbranched alkanes of at least 4 members (excludes halogenated alkanes) is 2. The monoisotopic (exact) mass is 361 g/mol. The average molecular weight is 361 g/mol. The molecule has 0 spiro atoms. The van der Waals surface area contributed by atoms with E-state index in [1.54, 1.807) is 0 Å². The molecule has 0 atom stereocenters. The molecule has 0 aromatic heterocycles. The van der Waals surface area contributed by atoms with Crippen molar-refractivity contribution in [3.05, 3.63) is 54.1 Å². The van der Waals surface area contributed by atoms with E-state index in [4.69, 9.17) is 11.5 Å². The zero-order valence-corrected chi connectivity index (χ0v) is 14.3. The highest BCUT2D eigenvalue weighted by atomic mass is 19.1. The van der Waals surface area contributed by atoms with Crippen LogP contribution < -0.4 is 16.4 Å². The van der Waals surface area contributed by atoms with E-state index in [1.165, 1.54) is 41.3 Å². The third-order valence-corrected chi connectivity index (χ3v) is 3.88. The molecule has 4 N–H and O–H groups in total. The maximum absolute atomic E-state index is 13.3. The summed E-state index contributed by atoms with van der Waals surface area (Å²) in [5, 5.41) is 0. The van der Waals surface area contributed by atoms with Crippen molar-refractivity contribution in [2.45, 2.75) is 32.1 Å². The van der Waals surface area contributed by atoms with Crippen LogP contribution in [0.3, 0.4) is 0 Å². The van der Waals surface area contributed by atoms with Crippen LogP contribution in [0.15, 0.2) is 42.5 Å². The SMILES string of the molecule is NC(=O)CCCCCC(=O)N(c1ccc(F)cc1)c1ccc(F)cc1N. The number of primary amides is 1. The second kappa shape index (κ2) is 8.94. The van der Waals surface area contributed by atoms with Gasteiger partial charge in [-0.2, -0.15) is 0 Å². The lowest BCUT2D eigenvalue weighted by Crippen LogP contribution is -2.26. The van der Waals surface area contributed by atoms with Crippen LogP contribution >= 0.6 is 0 Å².